The monoisotopic (exact) mass is 299 g/mol. The van der Waals surface area contributed by atoms with Crippen molar-refractivity contribution in [1.82, 2.24) is 4.98 Å². The highest BCUT2D eigenvalue weighted by Crippen LogP contribution is 2.41. The Morgan fingerprint density at radius 2 is 1.87 bits per heavy atom. The van der Waals surface area contributed by atoms with E-state index in [1.165, 1.54) is 0 Å². The van der Waals surface area contributed by atoms with Crippen LogP contribution >= 0.6 is 0 Å². The van der Waals surface area contributed by atoms with Gasteiger partial charge < -0.3 is 4.74 Å². The Hall–Kier alpha value is -3.16. The van der Waals surface area contributed by atoms with E-state index in [-0.39, 0.29) is 0 Å². The first kappa shape index (κ1) is 13.5. The molecule has 1 aliphatic heterocycles. The lowest BCUT2D eigenvalue weighted by Crippen LogP contribution is -2.44. The first-order chi connectivity index (χ1) is 11.2. The number of pyridine rings is 1. The second kappa shape index (κ2) is 4.94. The van der Waals surface area contributed by atoms with Gasteiger partial charge in [0.1, 0.15) is 11.6 Å². The third kappa shape index (κ3) is 2.15. The highest BCUT2D eigenvalue weighted by Gasteiger charge is 2.33. The Balaban J connectivity index is 2.04. The van der Waals surface area contributed by atoms with Gasteiger partial charge in [-0.1, -0.05) is 42.5 Å². The summed E-state index contributed by atoms with van der Waals surface area (Å²) in [4.78, 5) is 4.41. The van der Waals surface area contributed by atoms with Crippen LogP contribution in [0.5, 0.6) is 5.75 Å². The van der Waals surface area contributed by atoms with Crippen LogP contribution < -0.4 is 10.5 Å². The zero-order valence-electron chi connectivity index (χ0n) is 12.2. The second-order valence-corrected chi connectivity index (χ2v) is 5.45. The Morgan fingerprint density at radius 1 is 1.04 bits per heavy atom. The number of hydrogen-bond donors (Lipinski definition) is 1. The number of ether oxygens (including phenoxy) is 1. The quantitative estimate of drug-likeness (QED) is 0.748. The summed E-state index contributed by atoms with van der Waals surface area (Å²) in [5.41, 5.74) is 8.05. The van der Waals surface area contributed by atoms with Gasteiger partial charge in [-0.15, -0.1) is 0 Å². The van der Waals surface area contributed by atoms with Gasteiger partial charge in [-0.25, -0.2) is 0 Å². The zero-order chi connectivity index (χ0) is 15.9. The average molecular weight is 299 g/mol. The summed E-state index contributed by atoms with van der Waals surface area (Å²) >= 11 is 0. The molecular formula is C19H13N3O. The van der Waals surface area contributed by atoms with E-state index < -0.39 is 5.72 Å². The zero-order valence-corrected chi connectivity index (χ0v) is 12.2. The Morgan fingerprint density at radius 3 is 2.65 bits per heavy atom. The predicted octanol–water partition coefficient (Wildman–Crippen LogP) is 3.24. The summed E-state index contributed by atoms with van der Waals surface area (Å²) in [5.74, 6) is 0.550. The molecule has 1 atom stereocenters. The van der Waals surface area contributed by atoms with Crippen LogP contribution in [0.25, 0.3) is 16.5 Å². The smallest absolute Gasteiger partial charge is 0.267 e. The molecule has 2 aromatic carbocycles. The number of rotatable bonds is 1. The number of benzene rings is 2. The Kier molecular flexibility index (Phi) is 2.90. The molecule has 4 rings (SSSR count). The number of nitriles is 1. The normalized spacial score (nSPS) is 19.4. The van der Waals surface area contributed by atoms with E-state index in [1.54, 1.807) is 12.3 Å². The molecule has 0 radical (unpaired) electrons. The molecule has 1 aromatic heterocycles. The molecule has 0 amide bonds. The third-order valence-corrected chi connectivity index (χ3v) is 3.91. The fourth-order valence-electron chi connectivity index (χ4n) is 2.84. The number of nitrogens with zero attached hydrogens (tertiary/aromatic N) is 2. The van der Waals surface area contributed by atoms with Crippen LogP contribution in [0.1, 0.15) is 11.1 Å². The summed E-state index contributed by atoms with van der Waals surface area (Å²) < 4.78 is 5.81. The van der Waals surface area contributed by atoms with E-state index in [4.69, 9.17) is 10.5 Å². The summed E-state index contributed by atoms with van der Waals surface area (Å²) in [7, 11) is 0. The largest absolute Gasteiger partial charge is 0.453 e. The molecule has 0 spiro atoms. The standard InChI is InChI=1S/C19H13N3O/c20-12-19(21)11-16(13-5-2-1-3-6-13)15-9-8-14-7-4-10-22-17(14)18(15)23-19/h1-11H,21H2. The van der Waals surface area contributed by atoms with Crippen LogP contribution in [-0.4, -0.2) is 10.7 Å². The minimum Gasteiger partial charge on any atom is -0.453 e. The summed E-state index contributed by atoms with van der Waals surface area (Å²) in [6, 6.07) is 19.7. The first-order valence-electron chi connectivity index (χ1n) is 7.26. The second-order valence-electron chi connectivity index (χ2n) is 5.45. The molecule has 23 heavy (non-hydrogen) atoms. The van der Waals surface area contributed by atoms with E-state index in [0.29, 0.717) is 11.3 Å². The molecule has 2 heterocycles. The van der Waals surface area contributed by atoms with Crippen LogP contribution in [0, 0.1) is 11.3 Å². The van der Waals surface area contributed by atoms with Gasteiger partial charge in [0.15, 0.2) is 5.75 Å². The van der Waals surface area contributed by atoms with Gasteiger partial charge in [-0.2, -0.15) is 5.26 Å². The SMILES string of the molecule is N#CC1(N)C=C(c2ccccc2)c2ccc3cccnc3c2O1. The highest BCUT2D eigenvalue weighted by molar-refractivity contribution is 5.95. The van der Waals surface area contributed by atoms with Gasteiger partial charge in [-0.05, 0) is 29.3 Å². The topological polar surface area (TPSA) is 71.9 Å². The molecule has 4 nitrogen and oxygen atoms in total. The van der Waals surface area contributed by atoms with Gasteiger partial charge >= 0.3 is 0 Å². The molecule has 0 fully saturated rings. The molecule has 0 saturated carbocycles. The van der Waals surface area contributed by atoms with E-state index in [9.17, 15) is 5.26 Å². The third-order valence-electron chi connectivity index (χ3n) is 3.91. The number of nitrogens with two attached hydrogens (primary N) is 1. The van der Waals surface area contributed by atoms with Gasteiger partial charge in [0, 0.05) is 17.1 Å². The lowest BCUT2D eigenvalue weighted by Gasteiger charge is -2.29. The molecular weight excluding hydrogens is 286 g/mol. The van der Waals surface area contributed by atoms with E-state index in [0.717, 1.165) is 22.1 Å². The van der Waals surface area contributed by atoms with Crippen molar-refractivity contribution in [2.24, 2.45) is 5.73 Å². The van der Waals surface area contributed by atoms with Crippen molar-refractivity contribution < 1.29 is 4.74 Å². The van der Waals surface area contributed by atoms with E-state index in [1.807, 2.05) is 60.7 Å². The van der Waals surface area contributed by atoms with Crippen LogP contribution in [0.4, 0.5) is 0 Å². The van der Waals surface area contributed by atoms with Crippen LogP contribution in [0.2, 0.25) is 0 Å². The molecule has 0 bridgehead atoms. The molecule has 1 aliphatic rings. The minimum atomic E-state index is -1.51. The first-order valence-corrected chi connectivity index (χ1v) is 7.26. The van der Waals surface area contributed by atoms with Gasteiger partial charge in [0.25, 0.3) is 5.72 Å². The van der Waals surface area contributed by atoms with Crippen LogP contribution in [0.3, 0.4) is 0 Å². The lowest BCUT2D eigenvalue weighted by atomic mass is 9.91. The van der Waals surface area contributed by atoms with Crippen molar-refractivity contribution in [3.63, 3.8) is 0 Å². The molecule has 2 N–H and O–H groups in total. The fourth-order valence-corrected chi connectivity index (χ4v) is 2.84. The predicted molar refractivity (Wildman–Crippen MR) is 88.4 cm³/mol. The van der Waals surface area contributed by atoms with Crippen molar-refractivity contribution >= 4 is 16.5 Å². The Labute approximate surface area is 133 Å². The van der Waals surface area contributed by atoms with Gasteiger partial charge in [0.05, 0.1) is 0 Å². The van der Waals surface area contributed by atoms with Crippen molar-refractivity contribution in [2.45, 2.75) is 5.72 Å². The van der Waals surface area contributed by atoms with E-state index >= 15 is 0 Å². The number of fused-ring (bicyclic) bond motifs is 3. The summed E-state index contributed by atoms with van der Waals surface area (Å²) in [6.45, 7) is 0. The minimum absolute atomic E-state index is 0.550. The summed E-state index contributed by atoms with van der Waals surface area (Å²) in [6.07, 6.45) is 3.37. The van der Waals surface area contributed by atoms with Crippen LogP contribution in [0.15, 0.2) is 66.9 Å². The van der Waals surface area contributed by atoms with E-state index in [2.05, 4.69) is 4.98 Å². The highest BCUT2D eigenvalue weighted by atomic mass is 16.5. The number of aromatic nitrogens is 1. The van der Waals surface area contributed by atoms with Crippen molar-refractivity contribution in [3.05, 3.63) is 78.0 Å². The maximum absolute atomic E-state index is 9.45. The summed E-state index contributed by atoms with van der Waals surface area (Å²) in [5, 5.41) is 10.4. The number of hydrogen-bond acceptors (Lipinski definition) is 4. The molecule has 4 heteroatoms. The maximum Gasteiger partial charge on any atom is 0.267 e. The molecule has 1 unspecified atom stereocenters. The Bertz CT molecular complexity index is 973. The van der Waals surface area contributed by atoms with Crippen molar-refractivity contribution in [2.75, 3.05) is 0 Å². The van der Waals surface area contributed by atoms with Crippen LogP contribution in [-0.2, 0) is 0 Å². The molecule has 110 valence electrons. The lowest BCUT2D eigenvalue weighted by molar-refractivity contribution is 0.185. The fraction of sp³-hybridized carbons (Fsp3) is 0.0526. The van der Waals surface area contributed by atoms with Crippen molar-refractivity contribution in [3.8, 4) is 11.8 Å². The average Bonchev–Trinajstić information content (AvgIpc) is 2.62. The molecule has 0 saturated heterocycles. The molecule has 0 aliphatic carbocycles. The maximum atomic E-state index is 9.45. The van der Waals surface area contributed by atoms with Gasteiger partial charge in [0.2, 0.25) is 0 Å². The van der Waals surface area contributed by atoms with Crippen molar-refractivity contribution in [1.29, 1.82) is 5.26 Å². The van der Waals surface area contributed by atoms with Gasteiger partial charge in [-0.3, -0.25) is 10.7 Å². The molecule has 3 aromatic rings.